The first-order valence-corrected chi connectivity index (χ1v) is 6.85. The van der Waals surface area contributed by atoms with Crippen molar-refractivity contribution in [2.24, 2.45) is 0 Å². The van der Waals surface area contributed by atoms with Crippen molar-refractivity contribution in [3.63, 3.8) is 0 Å². The quantitative estimate of drug-likeness (QED) is 0.348. The van der Waals surface area contributed by atoms with E-state index in [1.165, 1.54) is 0 Å². The average molecular weight is 279 g/mol. The van der Waals surface area contributed by atoms with Crippen LogP contribution in [-0.4, -0.2) is 28.0 Å². The number of H-pyrrole nitrogens is 1. The summed E-state index contributed by atoms with van der Waals surface area (Å²) in [6, 6.07) is 0. The third-order valence-electron chi connectivity index (χ3n) is 2.41. The lowest BCUT2D eigenvalue weighted by Crippen LogP contribution is -2.10. The van der Waals surface area contributed by atoms with Gasteiger partial charge in [0, 0.05) is 13.1 Å². The van der Waals surface area contributed by atoms with Gasteiger partial charge in [-0.25, -0.2) is 0 Å². The van der Waals surface area contributed by atoms with Crippen molar-refractivity contribution in [1.82, 2.24) is 15.0 Å². The molecule has 0 saturated carbocycles. The van der Waals surface area contributed by atoms with Gasteiger partial charge in [0.2, 0.25) is 16.7 Å². The molecule has 0 radical (unpaired) electrons. The predicted octanol–water partition coefficient (Wildman–Crippen LogP) is 3.29. The number of hydrogen-bond acceptors (Lipinski definition) is 5. The van der Waals surface area contributed by atoms with Crippen LogP contribution in [0.15, 0.2) is 25.3 Å². The predicted molar refractivity (Wildman–Crippen MR) is 83.1 cm³/mol. The van der Waals surface area contributed by atoms with Gasteiger partial charge in [0.1, 0.15) is 0 Å². The molecule has 6 heteroatoms. The van der Waals surface area contributed by atoms with Crippen molar-refractivity contribution in [2.45, 2.75) is 25.7 Å². The van der Waals surface area contributed by atoms with Crippen molar-refractivity contribution in [1.29, 1.82) is 0 Å². The number of rotatable bonds is 10. The van der Waals surface area contributed by atoms with E-state index in [4.69, 9.17) is 12.2 Å². The molecular weight excluding hydrogens is 258 g/mol. The number of nitrogens with zero attached hydrogens (tertiary/aromatic N) is 2. The lowest BCUT2D eigenvalue weighted by atomic mass is 10.3. The van der Waals surface area contributed by atoms with Crippen LogP contribution < -0.4 is 10.6 Å². The van der Waals surface area contributed by atoms with Gasteiger partial charge in [0.15, 0.2) is 0 Å². The average Bonchev–Trinajstić information content (AvgIpc) is 2.39. The number of hydrogen-bond donors (Lipinski definition) is 3. The van der Waals surface area contributed by atoms with E-state index in [0.717, 1.165) is 38.8 Å². The van der Waals surface area contributed by atoms with Crippen LogP contribution in [0.5, 0.6) is 0 Å². The molecule has 0 aliphatic rings. The summed E-state index contributed by atoms with van der Waals surface area (Å²) < 4.78 is 0.330. The highest BCUT2D eigenvalue weighted by Crippen LogP contribution is 2.04. The van der Waals surface area contributed by atoms with Gasteiger partial charge in [0.05, 0.1) is 0 Å². The fourth-order valence-corrected chi connectivity index (χ4v) is 1.64. The molecule has 5 nitrogen and oxygen atoms in total. The first kappa shape index (κ1) is 15.4. The molecule has 0 atom stereocenters. The zero-order valence-electron chi connectivity index (χ0n) is 11.1. The van der Waals surface area contributed by atoms with Crippen LogP contribution in [0.2, 0.25) is 0 Å². The Hall–Kier alpha value is -1.69. The minimum Gasteiger partial charge on any atom is -0.356 e. The summed E-state index contributed by atoms with van der Waals surface area (Å²) >= 11 is 5.04. The Kier molecular flexibility index (Phi) is 7.50. The Morgan fingerprint density at radius 3 is 1.89 bits per heavy atom. The molecule has 0 aromatic carbocycles. The molecule has 1 heterocycles. The molecule has 0 spiro atoms. The fraction of sp³-hybridized carbons (Fsp3) is 0.462. The van der Waals surface area contributed by atoms with Crippen LogP contribution in [0.25, 0.3) is 0 Å². The zero-order chi connectivity index (χ0) is 13.9. The summed E-state index contributed by atoms with van der Waals surface area (Å²) in [6.07, 6.45) is 7.77. The molecular formula is C13H21N5S. The third-order valence-corrected chi connectivity index (χ3v) is 2.59. The lowest BCUT2D eigenvalue weighted by molar-refractivity contribution is 0.856. The monoisotopic (exact) mass is 279 g/mol. The maximum atomic E-state index is 5.04. The first-order chi connectivity index (χ1) is 9.26. The summed E-state index contributed by atoms with van der Waals surface area (Å²) in [5.41, 5.74) is 0. The molecule has 1 rings (SSSR count). The van der Waals surface area contributed by atoms with E-state index in [0.29, 0.717) is 16.7 Å². The number of nitrogens with one attached hydrogen (secondary N) is 3. The molecule has 0 unspecified atom stereocenters. The minimum atomic E-state index is 0.330. The second kappa shape index (κ2) is 9.27. The van der Waals surface area contributed by atoms with Crippen molar-refractivity contribution in [3.05, 3.63) is 30.1 Å². The first-order valence-electron chi connectivity index (χ1n) is 6.44. The van der Waals surface area contributed by atoms with Gasteiger partial charge in [-0.05, 0) is 37.9 Å². The fourth-order valence-electron chi connectivity index (χ4n) is 1.46. The van der Waals surface area contributed by atoms with Crippen molar-refractivity contribution < 1.29 is 0 Å². The van der Waals surface area contributed by atoms with E-state index < -0.39 is 0 Å². The van der Waals surface area contributed by atoms with Gasteiger partial charge >= 0.3 is 0 Å². The Morgan fingerprint density at radius 1 is 1.00 bits per heavy atom. The lowest BCUT2D eigenvalue weighted by Gasteiger charge is -2.08. The van der Waals surface area contributed by atoms with Crippen LogP contribution in [0, 0.1) is 4.77 Å². The maximum absolute atomic E-state index is 5.04. The highest BCUT2D eigenvalue weighted by Gasteiger charge is 1.99. The molecule has 19 heavy (non-hydrogen) atoms. The molecule has 0 bridgehead atoms. The van der Waals surface area contributed by atoms with Crippen LogP contribution >= 0.6 is 12.2 Å². The van der Waals surface area contributed by atoms with E-state index in [1.807, 2.05) is 12.2 Å². The Balaban J connectivity index is 2.48. The molecule has 3 N–H and O–H groups in total. The second-order valence-electron chi connectivity index (χ2n) is 4.04. The van der Waals surface area contributed by atoms with Crippen LogP contribution in [0.4, 0.5) is 11.9 Å². The Morgan fingerprint density at radius 2 is 1.47 bits per heavy atom. The van der Waals surface area contributed by atoms with E-state index in [-0.39, 0.29) is 0 Å². The third kappa shape index (κ3) is 6.71. The van der Waals surface area contributed by atoms with Gasteiger partial charge in [-0.2, -0.15) is 9.97 Å². The summed E-state index contributed by atoms with van der Waals surface area (Å²) in [6.45, 7) is 9.02. The largest absolute Gasteiger partial charge is 0.356 e. The van der Waals surface area contributed by atoms with E-state index in [2.05, 4.69) is 38.7 Å². The van der Waals surface area contributed by atoms with E-state index in [9.17, 15) is 0 Å². The molecule has 104 valence electrons. The number of unbranched alkanes of at least 4 members (excludes halogenated alkanes) is 2. The molecule has 0 amide bonds. The SMILES string of the molecule is C=CCCCNc1nc(=S)nc(NCCCC=C)[nH]1. The normalized spacial score (nSPS) is 9.89. The highest BCUT2D eigenvalue weighted by atomic mass is 32.1. The van der Waals surface area contributed by atoms with Crippen LogP contribution in [-0.2, 0) is 0 Å². The summed E-state index contributed by atoms with van der Waals surface area (Å²) in [5, 5.41) is 6.37. The number of aromatic nitrogens is 3. The minimum absolute atomic E-state index is 0.330. The zero-order valence-corrected chi connectivity index (χ0v) is 11.9. The molecule has 0 saturated heterocycles. The Labute approximate surface area is 119 Å². The summed E-state index contributed by atoms with van der Waals surface area (Å²) in [4.78, 5) is 11.3. The molecule has 0 aliphatic carbocycles. The highest BCUT2D eigenvalue weighted by molar-refractivity contribution is 7.71. The summed E-state index contributed by atoms with van der Waals surface area (Å²) in [5.74, 6) is 1.30. The van der Waals surface area contributed by atoms with Crippen molar-refractivity contribution in [3.8, 4) is 0 Å². The topological polar surface area (TPSA) is 65.6 Å². The van der Waals surface area contributed by atoms with Gasteiger partial charge < -0.3 is 10.6 Å². The van der Waals surface area contributed by atoms with E-state index in [1.54, 1.807) is 0 Å². The Bertz CT molecular complexity index is 417. The van der Waals surface area contributed by atoms with Gasteiger partial charge in [-0.1, -0.05) is 12.2 Å². The standard InChI is InChI=1S/C13H21N5S/c1-3-5-7-9-14-11-16-12(18-13(19)17-11)15-10-8-6-4-2/h3-4H,1-2,5-10H2,(H3,14,15,16,17,18,19). The van der Waals surface area contributed by atoms with Crippen LogP contribution in [0.3, 0.4) is 0 Å². The summed E-state index contributed by atoms with van der Waals surface area (Å²) in [7, 11) is 0. The van der Waals surface area contributed by atoms with E-state index >= 15 is 0 Å². The van der Waals surface area contributed by atoms with Gasteiger partial charge in [-0.15, -0.1) is 13.2 Å². The number of allylic oxidation sites excluding steroid dienone is 2. The van der Waals surface area contributed by atoms with Gasteiger partial charge in [-0.3, -0.25) is 4.98 Å². The molecule has 0 aliphatic heterocycles. The molecule has 1 aromatic rings. The number of aromatic amines is 1. The van der Waals surface area contributed by atoms with Crippen LogP contribution in [0.1, 0.15) is 25.7 Å². The second-order valence-corrected chi connectivity index (χ2v) is 4.41. The number of anilines is 2. The maximum Gasteiger partial charge on any atom is 0.225 e. The molecule has 1 aromatic heterocycles. The smallest absolute Gasteiger partial charge is 0.225 e. The van der Waals surface area contributed by atoms with Crippen molar-refractivity contribution >= 4 is 24.1 Å². The van der Waals surface area contributed by atoms with Gasteiger partial charge in [0.25, 0.3) is 0 Å². The van der Waals surface area contributed by atoms with Crippen molar-refractivity contribution in [2.75, 3.05) is 23.7 Å². The molecule has 0 fully saturated rings.